The van der Waals surface area contributed by atoms with Gasteiger partial charge in [-0.2, -0.15) is 0 Å². The number of ketones is 2. The van der Waals surface area contributed by atoms with Gasteiger partial charge in [0.25, 0.3) is 0 Å². The van der Waals surface area contributed by atoms with Gasteiger partial charge in [-0.25, -0.2) is 4.79 Å². The third-order valence-corrected chi connectivity index (χ3v) is 6.61. The standard InChI is InChI=1S/C20H18O4S/c1-10-15(17-18(21)13-6-7-14(8-13)19(17)22)9-16(25-10)11-2-4-12(5-3-11)20(23)24/h2-5,9,13-14,17H,6-8H2,1H3,(H,23,24). The maximum Gasteiger partial charge on any atom is 0.335 e. The Morgan fingerprint density at radius 2 is 1.68 bits per heavy atom. The van der Waals surface area contributed by atoms with Gasteiger partial charge in [-0.1, -0.05) is 12.1 Å². The number of fused-ring (bicyclic) bond motifs is 2. The molecular weight excluding hydrogens is 336 g/mol. The molecule has 0 spiro atoms. The van der Waals surface area contributed by atoms with E-state index in [-0.39, 0.29) is 29.0 Å². The number of carbonyl (C=O) groups excluding carboxylic acids is 2. The van der Waals surface area contributed by atoms with Gasteiger partial charge < -0.3 is 5.11 Å². The van der Waals surface area contributed by atoms with E-state index in [0.29, 0.717) is 0 Å². The molecule has 4 nitrogen and oxygen atoms in total. The van der Waals surface area contributed by atoms with Crippen molar-refractivity contribution in [2.45, 2.75) is 32.1 Å². The smallest absolute Gasteiger partial charge is 0.335 e. The predicted molar refractivity (Wildman–Crippen MR) is 95.0 cm³/mol. The van der Waals surface area contributed by atoms with Crippen molar-refractivity contribution in [3.05, 3.63) is 46.3 Å². The van der Waals surface area contributed by atoms with Crippen molar-refractivity contribution in [1.82, 2.24) is 0 Å². The van der Waals surface area contributed by atoms with Crippen molar-refractivity contribution in [2.24, 2.45) is 11.8 Å². The molecule has 1 heterocycles. The molecule has 1 N–H and O–H groups in total. The molecule has 2 aromatic rings. The zero-order valence-electron chi connectivity index (χ0n) is 13.8. The molecule has 2 aliphatic carbocycles. The Morgan fingerprint density at radius 1 is 1.08 bits per heavy atom. The highest BCUT2D eigenvalue weighted by molar-refractivity contribution is 7.15. The van der Waals surface area contributed by atoms with Crippen molar-refractivity contribution in [3.8, 4) is 10.4 Å². The van der Waals surface area contributed by atoms with E-state index in [1.165, 1.54) is 0 Å². The molecule has 2 fully saturated rings. The van der Waals surface area contributed by atoms with Crippen LogP contribution < -0.4 is 0 Å². The van der Waals surface area contributed by atoms with Gasteiger partial charge in [-0.05, 0) is 55.5 Å². The average Bonchev–Trinajstić information content (AvgIpc) is 3.20. The fraction of sp³-hybridized carbons (Fsp3) is 0.350. The van der Waals surface area contributed by atoms with E-state index >= 15 is 0 Å². The van der Waals surface area contributed by atoms with Crippen LogP contribution in [-0.2, 0) is 9.59 Å². The van der Waals surface area contributed by atoms with Gasteiger partial charge in [0.05, 0.1) is 5.56 Å². The third-order valence-electron chi connectivity index (χ3n) is 5.49. The van der Waals surface area contributed by atoms with Crippen molar-refractivity contribution in [3.63, 3.8) is 0 Å². The molecule has 0 amide bonds. The number of hydrogen-bond acceptors (Lipinski definition) is 4. The number of rotatable bonds is 3. The minimum Gasteiger partial charge on any atom is -0.478 e. The molecule has 0 aliphatic heterocycles. The van der Waals surface area contributed by atoms with E-state index in [1.54, 1.807) is 35.6 Å². The summed E-state index contributed by atoms with van der Waals surface area (Å²) < 4.78 is 0. The zero-order chi connectivity index (χ0) is 17.7. The number of aryl methyl sites for hydroxylation is 1. The first-order valence-corrected chi connectivity index (χ1v) is 9.29. The van der Waals surface area contributed by atoms with Gasteiger partial charge in [0.15, 0.2) is 11.6 Å². The lowest BCUT2D eigenvalue weighted by molar-refractivity contribution is -0.135. The normalized spacial score (nSPS) is 25.4. The molecule has 2 saturated carbocycles. The van der Waals surface area contributed by atoms with E-state index in [4.69, 9.17) is 5.11 Å². The highest BCUT2D eigenvalue weighted by Crippen LogP contribution is 2.46. The lowest BCUT2D eigenvalue weighted by Gasteiger charge is -2.25. The molecule has 4 rings (SSSR count). The number of Topliss-reactive ketones (excluding diaryl/α,β-unsaturated/α-hetero) is 2. The fourth-order valence-electron chi connectivity index (χ4n) is 4.12. The first-order valence-electron chi connectivity index (χ1n) is 8.47. The Morgan fingerprint density at radius 3 is 2.24 bits per heavy atom. The predicted octanol–water partition coefficient (Wildman–Crippen LogP) is 4.07. The SMILES string of the molecule is Cc1sc(-c2ccc(C(=O)O)cc2)cc1C1C(=O)C2CCC(C2)C1=O. The summed E-state index contributed by atoms with van der Waals surface area (Å²) in [5, 5.41) is 9.01. The number of carboxylic acid groups (broad SMARTS) is 1. The summed E-state index contributed by atoms with van der Waals surface area (Å²) in [7, 11) is 0. The number of carboxylic acids is 1. The maximum atomic E-state index is 12.7. The van der Waals surface area contributed by atoms with Crippen LogP contribution >= 0.6 is 11.3 Å². The summed E-state index contributed by atoms with van der Waals surface area (Å²) in [6.07, 6.45) is 2.43. The topological polar surface area (TPSA) is 71.4 Å². The number of hydrogen-bond donors (Lipinski definition) is 1. The molecule has 25 heavy (non-hydrogen) atoms. The number of aromatic carboxylic acids is 1. The Labute approximate surface area is 149 Å². The van der Waals surface area contributed by atoms with E-state index < -0.39 is 11.9 Å². The minimum absolute atomic E-state index is 0.0466. The van der Waals surface area contributed by atoms with Gasteiger partial charge in [0, 0.05) is 21.6 Å². The zero-order valence-corrected chi connectivity index (χ0v) is 14.6. The van der Waals surface area contributed by atoms with Crippen LogP contribution in [0.4, 0.5) is 0 Å². The average molecular weight is 354 g/mol. The molecule has 2 atom stereocenters. The van der Waals surface area contributed by atoms with Gasteiger partial charge in [0.1, 0.15) is 5.92 Å². The summed E-state index contributed by atoms with van der Waals surface area (Å²) in [6.45, 7) is 1.95. The Balaban J connectivity index is 1.70. The molecule has 5 heteroatoms. The van der Waals surface area contributed by atoms with Crippen LogP contribution in [-0.4, -0.2) is 22.6 Å². The van der Waals surface area contributed by atoms with E-state index in [2.05, 4.69) is 0 Å². The summed E-state index contributed by atoms with van der Waals surface area (Å²) in [4.78, 5) is 38.4. The monoisotopic (exact) mass is 354 g/mol. The molecule has 2 unspecified atom stereocenters. The highest BCUT2D eigenvalue weighted by Gasteiger charge is 2.48. The van der Waals surface area contributed by atoms with Crippen molar-refractivity contribution in [1.29, 1.82) is 0 Å². The summed E-state index contributed by atoms with van der Waals surface area (Å²) >= 11 is 1.55. The fourth-order valence-corrected chi connectivity index (χ4v) is 5.18. The second kappa shape index (κ2) is 5.92. The quantitative estimate of drug-likeness (QED) is 0.843. The molecular formula is C20H18O4S. The highest BCUT2D eigenvalue weighted by atomic mass is 32.1. The van der Waals surface area contributed by atoms with Crippen LogP contribution in [0.3, 0.4) is 0 Å². The second-order valence-corrected chi connectivity index (χ2v) is 8.21. The van der Waals surface area contributed by atoms with Crippen LogP contribution in [0.1, 0.15) is 46.0 Å². The Bertz CT molecular complexity index is 856. The van der Waals surface area contributed by atoms with Gasteiger partial charge in [0.2, 0.25) is 0 Å². The van der Waals surface area contributed by atoms with Crippen LogP contribution in [0.5, 0.6) is 0 Å². The number of carbonyl (C=O) groups is 3. The van der Waals surface area contributed by atoms with Crippen molar-refractivity contribution < 1.29 is 19.5 Å². The summed E-state index contributed by atoms with van der Waals surface area (Å²) in [5.74, 6) is -1.28. The molecule has 2 bridgehead atoms. The lowest BCUT2D eigenvalue weighted by Crippen LogP contribution is -2.34. The van der Waals surface area contributed by atoms with Gasteiger partial charge in [-0.15, -0.1) is 11.3 Å². The summed E-state index contributed by atoms with van der Waals surface area (Å²) in [6, 6.07) is 8.63. The Kier molecular flexibility index (Phi) is 3.84. The van der Waals surface area contributed by atoms with Crippen LogP contribution in [0, 0.1) is 18.8 Å². The molecule has 0 saturated heterocycles. The van der Waals surface area contributed by atoms with E-state index in [1.807, 2.05) is 13.0 Å². The largest absolute Gasteiger partial charge is 0.478 e. The molecule has 1 aromatic carbocycles. The van der Waals surface area contributed by atoms with Crippen molar-refractivity contribution >= 4 is 28.9 Å². The van der Waals surface area contributed by atoms with E-state index in [9.17, 15) is 14.4 Å². The van der Waals surface area contributed by atoms with Crippen LogP contribution in [0.2, 0.25) is 0 Å². The minimum atomic E-state index is -0.955. The lowest BCUT2D eigenvalue weighted by atomic mass is 9.75. The first kappa shape index (κ1) is 16.2. The number of benzene rings is 1. The first-order chi connectivity index (χ1) is 12.0. The van der Waals surface area contributed by atoms with Crippen LogP contribution in [0.25, 0.3) is 10.4 Å². The van der Waals surface area contributed by atoms with E-state index in [0.717, 1.165) is 40.1 Å². The molecule has 2 aliphatic rings. The second-order valence-electron chi connectivity index (χ2n) is 6.95. The Hall–Kier alpha value is -2.27. The molecule has 1 aromatic heterocycles. The summed E-state index contributed by atoms with van der Waals surface area (Å²) in [5.41, 5.74) is 1.99. The third kappa shape index (κ3) is 2.63. The number of thiophene rings is 1. The molecule has 0 radical (unpaired) electrons. The van der Waals surface area contributed by atoms with Crippen LogP contribution in [0.15, 0.2) is 30.3 Å². The van der Waals surface area contributed by atoms with Crippen molar-refractivity contribution in [2.75, 3.05) is 0 Å². The van der Waals surface area contributed by atoms with Gasteiger partial charge in [-0.3, -0.25) is 9.59 Å². The maximum absolute atomic E-state index is 12.7. The van der Waals surface area contributed by atoms with Gasteiger partial charge >= 0.3 is 5.97 Å². The molecule has 128 valence electrons.